The van der Waals surface area contributed by atoms with Crippen LogP contribution in [0.4, 0.5) is 4.79 Å². The summed E-state index contributed by atoms with van der Waals surface area (Å²) < 4.78 is 0. The largest absolute Gasteiger partial charge is 0.344 e. The third-order valence-corrected chi connectivity index (χ3v) is 5.31. The molecule has 0 aromatic heterocycles. The Morgan fingerprint density at radius 1 is 1.16 bits per heavy atom. The van der Waals surface area contributed by atoms with E-state index in [1.165, 1.54) is 0 Å². The normalized spacial score (nSPS) is 22.2. The second-order valence-electron chi connectivity index (χ2n) is 7.17. The predicted molar refractivity (Wildman–Crippen MR) is 97.1 cm³/mol. The van der Waals surface area contributed by atoms with Crippen LogP contribution in [0.3, 0.4) is 0 Å². The van der Waals surface area contributed by atoms with Crippen molar-refractivity contribution in [1.82, 2.24) is 20.0 Å². The number of likely N-dealkylation sites (N-methyl/N-ethyl adjacent to an activating group) is 1. The molecule has 2 heterocycles. The minimum atomic E-state index is -0.0287. The molecule has 1 N–H and O–H groups in total. The second-order valence-corrected chi connectivity index (χ2v) is 7.17. The molecule has 0 bridgehead atoms. The zero-order chi connectivity index (χ0) is 17.8. The van der Waals surface area contributed by atoms with Crippen LogP contribution in [0.1, 0.15) is 24.8 Å². The lowest BCUT2D eigenvalue weighted by atomic mass is 10.0. The summed E-state index contributed by atoms with van der Waals surface area (Å²) in [6.07, 6.45) is 2.73. The maximum atomic E-state index is 12.4. The first-order chi connectivity index (χ1) is 12.0. The first-order valence-corrected chi connectivity index (χ1v) is 9.09. The Kier molecular flexibility index (Phi) is 5.58. The van der Waals surface area contributed by atoms with Crippen molar-refractivity contribution in [2.45, 2.75) is 37.9 Å². The van der Waals surface area contributed by atoms with Gasteiger partial charge in [0.25, 0.3) is 0 Å². The molecule has 6 heteroatoms. The molecule has 0 unspecified atom stereocenters. The van der Waals surface area contributed by atoms with E-state index in [-0.39, 0.29) is 24.0 Å². The number of piperidine rings is 1. The molecule has 2 fully saturated rings. The van der Waals surface area contributed by atoms with E-state index in [4.69, 9.17) is 0 Å². The van der Waals surface area contributed by atoms with Crippen LogP contribution in [0.2, 0.25) is 0 Å². The number of amides is 3. The number of carbonyl (C=O) groups is 2. The standard InChI is InChI=1S/C19H28N4O2/c1-21-11-10-17(18(21)24)23-12-8-16(9-13-23)20-19(25)22(2)14-15-6-4-3-5-7-15/h3-7,16-17H,8-14H2,1-2H3,(H,20,25)/t17-/m1/s1. The maximum absolute atomic E-state index is 12.4. The van der Waals surface area contributed by atoms with Crippen LogP contribution in [-0.4, -0.2) is 72.5 Å². The van der Waals surface area contributed by atoms with E-state index in [9.17, 15) is 9.59 Å². The molecule has 6 nitrogen and oxygen atoms in total. The predicted octanol–water partition coefficient (Wildman–Crippen LogP) is 1.52. The summed E-state index contributed by atoms with van der Waals surface area (Å²) >= 11 is 0. The van der Waals surface area contributed by atoms with Gasteiger partial charge in [0, 0.05) is 46.3 Å². The summed E-state index contributed by atoms with van der Waals surface area (Å²) in [4.78, 5) is 30.3. The zero-order valence-electron chi connectivity index (χ0n) is 15.1. The van der Waals surface area contributed by atoms with Crippen LogP contribution in [0.5, 0.6) is 0 Å². The highest BCUT2D eigenvalue weighted by molar-refractivity contribution is 5.83. The molecule has 3 amide bonds. The monoisotopic (exact) mass is 344 g/mol. The summed E-state index contributed by atoms with van der Waals surface area (Å²) in [5, 5.41) is 3.13. The number of urea groups is 1. The highest BCUT2D eigenvalue weighted by Gasteiger charge is 2.35. The first kappa shape index (κ1) is 17.7. The van der Waals surface area contributed by atoms with E-state index < -0.39 is 0 Å². The average molecular weight is 344 g/mol. The summed E-state index contributed by atoms with van der Waals surface area (Å²) in [6, 6.07) is 10.2. The van der Waals surface area contributed by atoms with Gasteiger partial charge >= 0.3 is 6.03 Å². The second kappa shape index (κ2) is 7.87. The highest BCUT2D eigenvalue weighted by Crippen LogP contribution is 2.20. The molecule has 1 aromatic rings. The van der Waals surface area contributed by atoms with Gasteiger partial charge in [0.2, 0.25) is 5.91 Å². The minimum absolute atomic E-state index is 0.0287. The molecular formula is C19H28N4O2. The molecule has 0 radical (unpaired) electrons. The number of carbonyl (C=O) groups excluding carboxylic acids is 2. The van der Waals surface area contributed by atoms with Crippen LogP contribution in [0, 0.1) is 0 Å². The lowest BCUT2D eigenvalue weighted by Gasteiger charge is -2.35. The molecule has 2 saturated heterocycles. The van der Waals surface area contributed by atoms with Crippen molar-refractivity contribution in [1.29, 1.82) is 0 Å². The third-order valence-electron chi connectivity index (χ3n) is 5.31. The van der Waals surface area contributed by atoms with Crippen molar-refractivity contribution in [2.75, 3.05) is 33.7 Å². The number of likely N-dealkylation sites (tertiary alicyclic amines) is 2. The smallest absolute Gasteiger partial charge is 0.317 e. The Morgan fingerprint density at radius 3 is 2.44 bits per heavy atom. The van der Waals surface area contributed by atoms with Crippen LogP contribution in [-0.2, 0) is 11.3 Å². The van der Waals surface area contributed by atoms with Crippen LogP contribution in [0.25, 0.3) is 0 Å². The number of nitrogens with zero attached hydrogens (tertiary/aromatic N) is 3. The summed E-state index contributed by atoms with van der Waals surface area (Å²) in [7, 11) is 3.70. The summed E-state index contributed by atoms with van der Waals surface area (Å²) in [5.74, 6) is 0.241. The molecular weight excluding hydrogens is 316 g/mol. The number of benzene rings is 1. The van der Waals surface area contributed by atoms with Gasteiger partial charge in [-0.25, -0.2) is 4.79 Å². The molecule has 2 aliphatic rings. The topological polar surface area (TPSA) is 55.9 Å². The van der Waals surface area contributed by atoms with Gasteiger partial charge in [0.15, 0.2) is 0 Å². The van der Waals surface area contributed by atoms with Crippen molar-refractivity contribution in [3.63, 3.8) is 0 Å². The number of hydrogen-bond donors (Lipinski definition) is 1. The number of rotatable bonds is 4. The summed E-state index contributed by atoms with van der Waals surface area (Å²) in [5.41, 5.74) is 1.12. The van der Waals surface area contributed by atoms with E-state index >= 15 is 0 Å². The van der Waals surface area contributed by atoms with Crippen LogP contribution in [0.15, 0.2) is 30.3 Å². The molecule has 2 aliphatic heterocycles. The molecule has 25 heavy (non-hydrogen) atoms. The number of nitrogens with one attached hydrogen (secondary N) is 1. The molecule has 0 saturated carbocycles. The Bertz CT molecular complexity index is 599. The molecule has 3 rings (SSSR count). The lowest BCUT2D eigenvalue weighted by molar-refractivity contribution is -0.131. The van der Waals surface area contributed by atoms with Gasteiger partial charge in [-0.3, -0.25) is 9.69 Å². The summed E-state index contributed by atoms with van der Waals surface area (Å²) in [6.45, 7) is 3.20. The van der Waals surface area contributed by atoms with E-state index in [0.717, 1.165) is 44.5 Å². The van der Waals surface area contributed by atoms with Crippen LogP contribution < -0.4 is 5.32 Å². The fraction of sp³-hybridized carbons (Fsp3) is 0.579. The van der Waals surface area contributed by atoms with Crippen LogP contribution >= 0.6 is 0 Å². The Labute approximate surface area is 149 Å². The molecule has 0 aliphatic carbocycles. The van der Waals surface area contributed by atoms with Crippen molar-refractivity contribution in [3.05, 3.63) is 35.9 Å². The SMILES string of the molecule is CN(Cc1ccccc1)C(=O)NC1CCN([C@@H]2CCN(C)C2=O)CC1. The van der Waals surface area contributed by atoms with Gasteiger partial charge in [-0.2, -0.15) is 0 Å². The molecule has 1 atom stereocenters. The van der Waals surface area contributed by atoms with E-state index in [2.05, 4.69) is 10.2 Å². The van der Waals surface area contributed by atoms with Gasteiger partial charge in [-0.15, -0.1) is 0 Å². The van der Waals surface area contributed by atoms with Gasteiger partial charge in [-0.05, 0) is 24.8 Å². The van der Waals surface area contributed by atoms with Crippen molar-refractivity contribution < 1.29 is 9.59 Å². The lowest BCUT2D eigenvalue weighted by Crippen LogP contribution is -2.51. The third kappa shape index (κ3) is 4.31. The van der Waals surface area contributed by atoms with E-state index in [1.807, 2.05) is 49.3 Å². The Balaban J connectivity index is 1.44. The Hall–Kier alpha value is -2.08. The fourth-order valence-corrected chi connectivity index (χ4v) is 3.71. The quantitative estimate of drug-likeness (QED) is 0.901. The zero-order valence-corrected chi connectivity index (χ0v) is 15.1. The fourth-order valence-electron chi connectivity index (χ4n) is 3.71. The van der Waals surface area contributed by atoms with Crippen molar-refractivity contribution in [2.24, 2.45) is 0 Å². The van der Waals surface area contributed by atoms with Gasteiger partial charge in [0.1, 0.15) is 0 Å². The number of hydrogen-bond acceptors (Lipinski definition) is 3. The maximum Gasteiger partial charge on any atom is 0.317 e. The van der Waals surface area contributed by atoms with E-state index in [0.29, 0.717) is 6.54 Å². The molecule has 136 valence electrons. The van der Waals surface area contributed by atoms with Gasteiger partial charge < -0.3 is 15.1 Å². The first-order valence-electron chi connectivity index (χ1n) is 9.09. The highest BCUT2D eigenvalue weighted by atomic mass is 16.2. The van der Waals surface area contributed by atoms with Gasteiger partial charge in [0.05, 0.1) is 6.04 Å². The van der Waals surface area contributed by atoms with Crippen molar-refractivity contribution >= 4 is 11.9 Å². The average Bonchev–Trinajstić information content (AvgIpc) is 2.95. The van der Waals surface area contributed by atoms with Crippen molar-refractivity contribution in [3.8, 4) is 0 Å². The minimum Gasteiger partial charge on any atom is -0.344 e. The molecule has 0 spiro atoms. The van der Waals surface area contributed by atoms with E-state index in [1.54, 1.807) is 4.90 Å². The molecule has 1 aromatic carbocycles. The Morgan fingerprint density at radius 2 is 1.84 bits per heavy atom. The van der Waals surface area contributed by atoms with Gasteiger partial charge in [-0.1, -0.05) is 30.3 Å².